The Hall–Kier alpha value is -2.27. The summed E-state index contributed by atoms with van der Waals surface area (Å²) in [6, 6.07) is 9.28. The average Bonchev–Trinajstić information content (AvgIpc) is 3.33. The van der Waals surface area contributed by atoms with Crippen LogP contribution in [-0.4, -0.2) is 53.1 Å². The Morgan fingerprint density at radius 3 is 2.64 bits per heavy atom. The van der Waals surface area contributed by atoms with Gasteiger partial charge in [-0.15, -0.1) is 0 Å². The van der Waals surface area contributed by atoms with Crippen LogP contribution in [0, 0.1) is 13.8 Å². The minimum absolute atomic E-state index is 0.203. The topological polar surface area (TPSA) is 37.7 Å². The molecule has 1 saturated carbocycles. The minimum atomic E-state index is 0.203. The molecule has 0 spiro atoms. The highest BCUT2D eigenvalue weighted by Gasteiger charge is 2.30. The number of aromatic nitrogens is 1. The minimum Gasteiger partial charge on any atom is -0.493 e. The number of rotatable bonds is 4. The van der Waals surface area contributed by atoms with Crippen molar-refractivity contribution in [1.82, 2.24) is 14.4 Å². The second-order valence-corrected chi connectivity index (χ2v) is 8.49. The van der Waals surface area contributed by atoms with Gasteiger partial charge in [-0.3, -0.25) is 9.69 Å². The van der Waals surface area contributed by atoms with Crippen LogP contribution in [0.1, 0.15) is 51.8 Å². The number of hydrogen-bond donors (Lipinski definition) is 0. The van der Waals surface area contributed by atoms with Crippen LogP contribution < -0.4 is 4.74 Å². The summed E-state index contributed by atoms with van der Waals surface area (Å²) < 4.78 is 7.97. The first-order valence-corrected chi connectivity index (χ1v) is 10.5. The number of fused-ring (bicyclic) bond motifs is 1. The molecule has 1 aromatic heterocycles. The summed E-state index contributed by atoms with van der Waals surface area (Å²) in [5.74, 6) is 1.25. The molecular weight excluding hydrogens is 350 g/mol. The number of carbonyl (C=O) groups is 1. The van der Waals surface area contributed by atoms with Crippen molar-refractivity contribution in [3.8, 4) is 5.75 Å². The third kappa shape index (κ3) is 3.22. The van der Waals surface area contributed by atoms with Gasteiger partial charge in [-0.25, -0.2) is 0 Å². The number of hydrogen-bond acceptors (Lipinski definition) is 3. The Morgan fingerprint density at radius 2 is 1.89 bits per heavy atom. The molecule has 0 bridgehead atoms. The second kappa shape index (κ2) is 6.96. The van der Waals surface area contributed by atoms with Crippen LogP contribution in [-0.2, 0) is 13.0 Å². The van der Waals surface area contributed by atoms with Crippen molar-refractivity contribution in [2.75, 3.05) is 32.8 Å². The first kappa shape index (κ1) is 17.8. The smallest absolute Gasteiger partial charge is 0.255 e. The molecule has 1 amide bonds. The van der Waals surface area contributed by atoms with Crippen molar-refractivity contribution < 1.29 is 9.53 Å². The van der Waals surface area contributed by atoms with Crippen molar-refractivity contribution in [3.05, 3.63) is 52.3 Å². The fourth-order valence-corrected chi connectivity index (χ4v) is 4.76. The van der Waals surface area contributed by atoms with Crippen LogP contribution in [0.5, 0.6) is 5.75 Å². The van der Waals surface area contributed by atoms with Gasteiger partial charge >= 0.3 is 0 Å². The lowest BCUT2D eigenvalue weighted by atomic mass is 10.1. The van der Waals surface area contributed by atoms with E-state index in [0.717, 1.165) is 62.8 Å². The molecule has 0 atom stereocenters. The van der Waals surface area contributed by atoms with Gasteiger partial charge in [0, 0.05) is 56.6 Å². The highest BCUT2D eigenvalue weighted by Crippen LogP contribution is 2.38. The van der Waals surface area contributed by atoms with Crippen molar-refractivity contribution >= 4 is 5.91 Å². The van der Waals surface area contributed by atoms with Crippen LogP contribution in [0.25, 0.3) is 0 Å². The lowest BCUT2D eigenvalue weighted by molar-refractivity contribution is 0.0627. The monoisotopic (exact) mass is 379 g/mol. The molecule has 0 unspecified atom stereocenters. The Balaban J connectivity index is 1.21. The third-order valence-corrected chi connectivity index (χ3v) is 6.45. The van der Waals surface area contributed by atoms with E-state index in [1.165, 1.54) is 29.7 Å². The highest BCUT2D eigenvalue weighted by molar-refractivity contribution is 5.95. The van der Waals surface area contributed by atoms with Gasteiger partial charge in [0.2, 0.25) is 0 Å². The predicted octanol–water partition coefficient (Wildman–Crippen LogP) is 3.33. The standard InChI is InChI=1S/C23H29N3O2/c1-16-13-21(17(2)26(16)20-4-5-20)23(27)25-10-8-24(9-11-25)15-18-3-6-22-19(14-18)7-12-28-22/h3,6,13-14,20H,4-5,7-12,15H2,1-2H3. The molecular formula is C23H29N3O2. The highest BCUT2D eigenvalue weighted by atomic mass is 16.5. The van der Waals surface area contributed by atoms with Gasteiger partial charge in [-0.2, -0.15) is 0 Å². The molecule has 1 aromatic carbocycles. The molecule has 148 valence electrons. The second-order valence-electron chi connectivity index (χ2n) is 8.49. The van der Waals surface area contributed by atoms with Gasteiger partial charge in [-0.05, 0) is 49.9 Å². The summed E-state index contributed by atoms with van der Waals surface area (Å²) in [4.78, 5) is 17.6. The van der Waals surface area contributed by atoms with Crippen molar-refractivity contribution in [2.45, 2.75) is 45.7 Å². The van der Waals surface area contributed by atoms with Crippen LogP contribution in [0.2, 0.25) is 0 Å². The van der Waals surface area contributed by atoms with E-state index >= 15 is 0 Å². The van der Waals surface area contributed by atoms with E-state index in [1.807, 2.05) is 4.90 Å². The SMILES string of the molecule is Cc1cc(C(=O)N2CCN(Cc3ccc4c(c3)CCO4)CC2)c(C)n1C1CC1. The summed E-state index contributed by atoms with van der Waals surface area (Å²) in [7, 11) is 0. The van der Waals surface area contributed by atoms with Gasteiger partial charge in [0.15, 0.2) is 0 Å². The lowest BCUT2D eigenvalue weighted by Crippen LogP contribution is -2.48. The molecule has 3 heterocycles. The lowest BCUT2D eigenvalue weighted by Gasteiger charge is -2.34. The molecule has 2 aliphatic heterocycles. The molecule has 5 nitrogen and oxygen atoms in total. The van der Waals surface area contributed by atoms with Crippen molar-refractivity contribution in [1.29, 1.82) is 0 Å². The van der Waals surface area contributed by atoms with Gasteiger partial charge in [0.05, 0.1) is 12.2 Å². The first-order valence-electron chi connectivity index (χ1n) is 10.5. The molecule has 5 rings (SSSR count). The molecule has 0 radical (unpaired) electrons. The molecule has 28 heavy (non-hydrogen) atoms. The summed E-state index contributed by atoms with van der Waals surface area (Å²) in [5.41, 5.74) is 5.95. The summed E-state index contributed by atoms with van der Waals surface area (Å²) in [6.45, 7) is 9.46. The van der Waals surface area contributed by atoms with Crippen LogP contribution in [0.15, 0.2) is 24.3 Å². The number of amides is 1. The zero-order valence-electron chi connectivity index (χ0n) is 16.9. The zero-order valence-corrected chi connectivity index (χ0v) is 16.9. The summed E-state index contributed by atoms with van der Waals surface area (Å²) in [6.07, 6.45) is 3.51. The van der Waals surface area contributed by atoms with Crippen LogP contribution >= 0.6 is 0 Å². The third-order valence-electron chi connectivity index (χ3n) is 6.45. The number of piperazine rings is 1. The maximum absolute atomic E-state index is 13.1. The van der Waals surface area contributed by atoms with Crippen LogP contribution in [0.3, 0.4) is 0 Å². The van der Waals surface area contributed by atoms with Gasteiger partial charge in [0.1, 0.15) is 5.75 Å². The Bertz CT molecular complexity index is 905. The fourth-order valence-electron chi connectivity index (χ4n) is 4.76. The van der Waals surface area contributed by atoms with Crippen LogP contribution in [0.4, 0.5) is 0 Å². The number of aryl methyl sites for hydroxylation is 1. The van der Waals surface area contributed by atoms with E-state index in [2.05, 4.69) is 47.6 Å². The van der Waals surface area contributed by atoms with E-state index in [4.69, 9.17) is 4.74 Å². The van der Waals surface area contributed by atoms with Gasteiger partial charge in [0.25, 0.3) is 5.91 Å². The molecule has 3 aliphatic rings. The largest absolute Gasteiger partial charge is 0.493 e. The maximum Gasteiger partial charge on any atom is 0.255 e. The summed E-state index contributed by atoms with van der Waals surface area (Å²) >= 11 is 0. The van der Waals surface area contributed by atoms with E-state index in [0.29, 0.717) is 6.04 Å². The number of benzene rings is 1. The zero-order chi connectivity index (χ0) is 19.3. The van der Waals surface area contributed by atoms with Gasteiger partial charge < -0.3 is 14.2 Å². The molecule has 0 N–H and O–H groups in total. The van der Waals surface area contributed by atoms with E-state index in [1.54, 1.807) is 0 Å². The summed E-state index contributed by atoms with van der Waals surface area (Å²) in [5, 5.41) is 0. The number of ether oxygens (including phenoxy) is 1. The van der Waals surface area contributed by atoms with Crippen molar-refractivity contribution in [3.63, 3.8) is 0 Å². The molecule has 1 saturated heterocycles. The molecule has 5 heteroatoms. The van der Waals surface area contributed by atoms with E-state index < -0.39 is 0 Å². The fraction of sp³-hybridized carbons (Fsp3) is 0.522. The van der Waals surface area contributed by atoms with Gasteiger partial charge in [-0.1, -0.05) is 12.1 Å². The van der Waals surface area contributed by atoms with E-state index in [9.17, 15) is 4.79 Å². The Morgan fingerprint density at radius 1 is 1.11 bits per heavy atom. The number of nitrogens with zero attached hydrogens (tertiary/aromatic N) is 3. The normalized spacial score (nSPS) is 19.6. The van der Waals surface area contributed by atoms with Crippen molar-refractivity contribution in [2.24, 2.45) is 0 Å². The van der Waals surface area contributed by atoms with E-state index in [-0.39, 0.29) is 5.91 Å². The Kier molecular flexibility index (Phi) is 4.43. The molecule has 2 aromatic rings. The average molecular weight is 380 g/mol. The molecule has 1 aliphatic carbocycles. The molecule has 2 fully saturated rings. The maximum atomic E-state index is 13.1. The predicted molar refractivity (Wildman–Crippen MR) is 109 cm³/mol. The number of carbonyl (C=O) groups excluding carboxylic acids is 1. The quantitative estimate of drug-likeness (QED) is 0.818. The Labute approximate surface area is 166 Å². The first-order chi connectivity index (χ1) is 13.6.